The molecule has 0 saturated carbocycles. The third-order valence-corrected chi connectivity index (χ3v) is 14.0. The number of piperazine rings is 1. The summed E-state index contributed by atoms with van der Waals surface area (Å²) in [5, 5.41) is 9.72. The van der Waals surface area contributed by atoms with E-state index < -0.39 is 25.9 Å². The van der Waals surface area contributed by atoms with Crippen molar-refractivity contribution >= 4 is 42.9 Å². The minimum Gasteiger partial charge on any atom is -0.465 e. The van der Waals surface area contributed by atoms with Gasteiger partial charge in [-0.1, -0.05) is 46.2 Å². The average Bonchev–Trinajstić information content (AvgIpc) is 2.94. The number of aromatic nitrogens is 4. The van der Waals surface area contributed by atoms with E-state index in [1.54, 1.807) is 13.1 Å². The van der Waals surface area contributed by atoms with E-state index in [-0.39, 0.29) is 52.7 Å². The maximum absolute atomic E-state index is 15.0. The molecule has 0 bridgehead atoms. The van der Waals surface area contributed by atoms with Gasteiger partial charge in [-0.15, -0.1) is 0 Å². The van der Waals surface area contributed by atoms with Crippen molar-refractivity contribution in [3.05, 3.63) is 51.0 Å². The zero-order chi connectivity index (χ0) is 33.4. The summed E-state index contributed by atoms with van der Waals surface area (Å²) in [6, 6.07) is 2.46. The van der Waals surface area contributed by atoms with Gasteiger partial charge in [0.25, 0.3) is 0 Å². The van der Waals surface area contributed by atoms with Crippen molar-refractivity contribution in [2.24, 2.45) is 0 Å². The Bertz CT molecular complexity index is 1630. The van der Waals surface area contributed by atoms with Gasteiger partial charge in [-0.2, -0.15) is 4.98 Å². The smallest absolute Gasteiger partial charge is 0.407 e. The molecule has 0 spiro atoms. The average molecular weight is 661 g/mol. The molecule has 1 N–H and O–H groups in total. The number of carbonyl (C=O) groups is 1. The van der Waals surface area contributed by atoms with E-state index in [0.717, 1.165) is 18.4 Å². The van der Waals surface area contributed by atoms with Gasteiger partial charge >= 0.3 is 11.8 Å². The van der Waals surface area contributed by atoms with Crippen LogP contribution in [-0.2, 0) is 10.8 Å². The van der Waals surface area contributed by atoms with E-state index >= 15 is 4.39 Å². The summed E-state index contributed by atoms with van der Waals surface area (Å²) in [4.78, 5) is 42.6. The molecular weight excluding hydrogens is 615 g/mol. The van der Waals surface area contributed by atoms with Crippen LogP contribution < -0.4 is 10.6 Å². The highest BCUT2D eigenvalue weighted by Crippen LogP contribution is 2.37. The molecule has 1 aliphatic heterocycles. The van der Waals surface area contributed by atoms with E-state index in [2.05, 4.69) is 48.8 Å². The molecule has 0 aliphatic carbocycles. The van der Waals surface area contributed by atoms with E-state index in [4.69, 9.17) is 16.0 Å². The number of carboxylic acid groups (broad SMARTS) is 1. The van der Waals surface area contributed by atoms with Crippen LogP contribution in [0.15, 0.2) is 23.1 Å². The maximum atomic E-state index is 15.0. The summed E-state index contributed by atoms with van der Waals surface area (Å²) in [6.45, 7) is 19.9. The predicted molar refractivity (Wildman–Crippen MR) is 179 cm³/mol. The second-order valence-corrected chi connectivity index (χ2v) is 19.1. The Kier molecular flexibility index (Phi) is 10.3. The maximum Gasteiger partial charge on any atom is 0.407 e. The zero-order valence-corrected chi connectivity index (χ0v) is 29.6. The van der Waals surface area contributed by atoms with E-state index in [1.807, 2.05) is 31.7 Å². The lowest BCUT2D eigenvalue weighted by molar-refractivity contribution is 0.114. The molecule has 0 unspecified atom stereocenters. The molecular formula is C32H46ClFN6O4Si. The van der Waals surface area contributed by atoms with Crippen molar-refractivity contribution in [2.75, 3.05) is 24.6 Å². The van der Waals surface area contributed by atoms with Gasteiger partial charge in [0.1, 0.15) is 5.82 Å². The largest absolute Gasteiger partial charge is 0.465 e. The van der Waals surface area contributed by atoms with Gasteiger partial charge in [-0.3, -0.25) is 4.98 Å². The molecule has 0 aromatic carbocycles. The summed E-state index contributed by atoms with van der Waals surface area (Å²) in [6.07, 6.45) is 3.08. The molecule has 1 saturated heterocycles. The number of fused-ring (bicyclic) bond motifs is 1. The number of hydrogen-bond donors (Lipinski definition) is 1. The second-order valence-electron chi connectivity index (χ2n) is 13.9. The van der Waals surface area contributed by atoms with Crippen molar-refractivity contribution in [3.8, 4) is 5.69 Å². The van der Waals surface area contributed by atoms with Crippen molar-refractivity contribution < 1.29 is 18.7 Å². The molecule has 4 heterocycles. The molecule has 45 heavy (non-hydrogen) atoms. The van der Waals surface area contributed by atoms with Gasteiger partial charge in [-0.05, 0) is 74.9 Å². The van der Waals surface area contributed by atoms with Gasteiger partial charge in [0, 0.05) is 38.0 Å². The Hall–Kier alpha value is -3.09. The first-order chi connectivity index (χ1) is 20.9. The summed E-state index contributed by atoms with van der Waals surface area (Å²) in [5.74, 6) is -0.526. The minimum atomic E-state index is -1.86. The van der Waals surface area contributed by atoms with E-state index in [0.29, 0.717) is 29.8 Å². The fourth-order valence-corrected chi connectivity index (χ4v) is 6.77. The summed E-state index contributed by atoms with van der Waals surface area (Å²) < 4.78 is 22.8. The number of anilines is 1. The zero-order valence-electron chi connectivity index (χ0n) is 27.8. The van der Waals surface area contributed by atoms with Gasteiger partial charge in [0.2, 0.25) is 0 Å². The fourth-order valence-electron chi connectivity index (χ4n) is 5.55. The summed E-state index contributed by atoms with van der Waals surface area (Å²) >= 11 is 6.24. The third kappa shape index (κ3) is 7.17. The van der Waals surface area contributed by atoms with Crippen molar-refractivity contribution in [1.29, 1.82) is 0 Å². The predicted octanol–water partition coefficient (Wildman–Crippen LogP) is 7.01. The molecule has 1 fully saturated rings. The highest BCUT2D eigenvalue weighted by molar-refractivity contribution is 6.74. The van der Waals surface area contributed by atoms with Gasteiger partial charge in [0.15, 0.2) is 24.9 Å². The minimum absolute atomic E-state index is 0.0376. The van der Waals surface area contributed by atoms with E-state index in [9.17, 15) is 14.7 Å². The molecule has 246 valence electrons. The molecule has 3 aromatic heterocycles. The van der Waals surface area contributed by atoms with Crippen LogP contribution in [0.1, 0.15) is 78.5 Å². The van der Waals surface area contributed by atoms with Crippen LogP contribution in [0.5, 0.6) is 0 Å². The molecule has 4 rings (SSSR count). The molecule has 13 heteroatoms. The number of hydrogen-bond acceptors (Lipinski definition) is 7. The topological polar surface area (TPSA) is 114 Å². The normalized spacial score (nSPS) is 17.9. The molecule has 2 atom stereocenters. The van der Waals surface area contributed by atoms with Gasteiger partial charge < -0.3 is 19.3 Å². The molecule has 1 aliphatic rings. The third-order valence-electron chi connectivity index (χ3n) is 9.18. The van der Waals surface area contributed by atoms with Crippen LogP contribution >= 0.6 is 11.6 Å². The Morgan fingerprint density at radius 3 is 2.49 bits per heavy atom. The lowest BCUT2D eigenvalue weighted by atomic mass is 10.00. The monoisotopic (exact) mass is 660 g/mol. The quantitative estimate of drug-likeness (QED) is 0.148. The molecule has 0 radical (unpaired) electrons. The van der Waals surface area contributed by atoms with Crippen molar-refractivity contribution in [1.82, 2.24) is 24.4 Å². The van der Waals surface area contributed by atoms with Crippen LogP contribution in [0, 0.1) is 5.82 Å². The number of pyridine rings is 2. The highest BCUT2D eigenvalue weighted by atomic mass is 35.5. The Morgan fingerprint density at radius 1 is 1.18 bits per heavy atom. The highest BCUT2D eigenvalue weighted by Gasteiger charge is 2.37. The number of aryl methyl sites for hydroxylation is 1. The standard InChI is InChI=1S/C32H46ClFN6O4Si/c1-19(2)25-26(22(13-14-35-25)12-10-11-15-44-45(8,9)32(5,6)7)40-29-23(16-24(34)27(33)36-29)28(37-30(40)41)38-17-21(4)39(31(42)43)18-20(38)3/h13-14,16,19-21H,10-12,15,17-18H2,1-9H3,(H,42,43)/t20-,21+/m0/s1. The number of nitrogens with zero attached hydrogens (tertiary/aromatic N) is 6. The Labute approximate surface area is 270 Å². The van der Waals surface area contributed by atoms with Crippen LogP contribution in [0.4, 0.5) is 15.0 Å². The first-order valence-corrected chi connectivity index (χ1v) is 18.9. The number of halogens is 2. The van der Waals surface area contributed by atoms with Crippen LogP contribution in [0.2, 0.25) is 23.3 Å². The van der Waals surface area contributed by atoms with Gasteiger partial charge in [0.05, 0.1) is 16.8 Å². The number of amides is 1. The van der Waals surface area contributed by atoms with Crippen LogP contribution in [0.3, 0.4) is 0 Å². The van der Waals surface area contributed by atoms with E-state index in [1.165, 1.54) is 15.5 Å². The fraction of sp³-hybridized carbons (Fsp3) is 0.594. The molecule has 1 amide bonds. The lowest BCUT2D eigenvalue weighted by Gasteiger charge is -2.43. The van der Waals surface area contributed by atoms with Crippen molar-refractivity contribution in [3.63, 3.8) is 0 Å². The molecule has 10 nitrogen and oxygen atoms in total. The first kappa shape index (κ1) is 34.8. The van der Waals surface area contributed by atoms with Gasteiger partial charge in [-0.25, -0.2) is 23.5 Å². The Balaban J connectivity index is 1.79. The number of unbranched alkanes of at least 4 members (excludes halogenated alkanes) is 1. The lowest BCUT2D eigenvalue weighted by Crippen LogP contribution is -2.58. The first-order valence-electron chi connectivity index (χ1n) is 15.6. The SMILES string of the molecule is CC(C)c1nccc(CCCCO[Si](C)(C)C(C)(C)C)c1-n1c(=O)nc(N2C[C@@H](C)N(C(=O)O)C[C@@H]2C)c2cc(F)c(Cl)nc21. The van der Waals surface area contributed by atoms with Crippen LogP contribution in [0.25, 0.3) is 16.7 Å². The Morgan fingerprint density at radius 2 is 1.87 bits per heavy atom. The summed E-state index contributed by atoms with van der Waals surface area (Å²) in [7, 11) is -1.86. The second kappa shape index (κ2) is 13.3. The van der Waals surface area contributed by atoms with Crippen molar-refractivity contribution in [2.45, 2.75) is 104 Å². The molecule has 3 aromatic rings. The number of rotatable bonds is 9. The van der Waals surface area contributed by atoms with Crippen LogP contribution in [-0.4, -0.2) is 75.7 Å². The summed E-state index contributed by atoms with van der Waals surface area (Å²) in [5.41, 5.74) is 1.76.